The highest BCUT2D eigenvalue weighted by Gasteiger charge is 2.19. The summed E-state index contributed by atoms with van der Waals surface area (Å²) in [6, 6.07) is 33.2. The first kappa shape index (κ1) is 25.6. The van der Waals surface area contributed by atoms with E-state index in [4.69, 9.17) is 19.3 Å². The van der Waals surface area contributed by atoms with Crippen LogP contribution in [0.15, 0.2) is 103 Å². The van der Waals surface area contributed by atoms with Crippen molar-refractivity contribution in [3.05, 3.63) is 109 Å². The zero-order chi connectivity index (χ0) is 27.2. The maximum atomic E-state index is 11.3. The highest BCUT2D eigenvalue weighted by molar-refractivity contribution is 5.80. The van der Waals surface area contributed by atoms with Gasteiger partial charge in [-0.15, -0.1) is 0 Å². The summed E-state index contributed by atoms with van der Waals surface area (Å²) in [5.74, 6) is 0.859. The molecule has 1 aromatic heterocycles. The van der Waals surface area contributed by atoms with Crippen LogP contribution in [0.25, 0.3) is 33.6 Å². The van der Waals surface area contributed by atoms with Crippen molar-refractivity contribution in [3.63, 3.8) is 0 Å². The molecule has 4 aromatic carbocycles. The zero-order valence-electron chi connectivity index (χ0n) is 21.7. The molecule has 0 amide bonds. The molecule has 0 atom stereocenters. The fourth-order valence-corrected chi connectivity index (χ4v) is 4.54. The minimum Gasteiger partial charge on any atom is -0.496 e. The Bertz CT molecular complexity index is 1590. The lowest BCUT2D eigenvalue weighted by atomic mass is 10.0. The van der Waals surface area contributed by atoms with Gasteiger partial charge in [-0.3, -0.25) is 4.68 Å². The van der Waals surface area contributed by atoms with E-state index in [0.29, 0.717) is 29.3 Å². The number of aliphatic carboxylic acids is 1. The number of methoxy groups -OCH3 is 2. The molecule has 196 valence electrons. The number of carboxylic acid groups (broad SMARTS) is 1. The third-order valence-corrected chi connectivity index (χ3v) is 6.39. The summed E-state index contributed by atoms with van der Waals surface area (Å²) in [5, 5.41) is 14.3. The number of hydrogen-bond donors (Lipinski definition) is 1. The number of aromatic nitrogens is 2. The Hall–Kier alpha value is -5.04. The molecule has 0 bridgehead atoms. The molecule has 0 aliphatic heterocycles. The summed E-state index contributed by atoms with van der Waals surface area (Å²) >= 11 is 0. The predicted molar refractivity (Wildman–Crippen MR) is 150 cm³/mol. The summed E-state index contributed by atoms with van der Waals surface area (Å²) in [4.78, 5) is 11.3. The van der Waals surface area contributed by atoms with Crippen LogP contribution in [-0.2, 0) is 11.3 Å². The molecule has 7 heteroatoms. The molecule has 0 fully saturated rings. The van der Waals surface area contributed by atoms with Gasteiger partial charge in [-0.25, -0.2) is 4.79 Å². The van der Waals surface area contributed by atoms with Gasteiger partial charge in [0.1, 0.15) is 17.2 Å². The van der Waals surface area contributed by atoms with Gasteiger partial charge in [-0.1, -0.05) is 66.7 Å². The topological polar surface area (TPSA) is 82.8 Å². The first-order valence-corrected chi connectivity index (χ1v) is 12.4. The summed E-state index contributed by atoms with van der Waals surface area (Å²) in [7, 11) is 3.29. The van der Waals surface area contributed by atoms with Crippen molar-refractivity contribution in [1.29, 1.82) is 0 Å². The zero-order valence-corrected chi connectivity index (χ0v) is 21.7. The van der Waals surface area contributed by atoms with Crippen LogP contribution in [0.1, 0.15) is 5.56 Å². The Kier molecular flexibility index (Phi) is 7.59. The minimum atomic E-state index is -1.05. The third kappa shape index (κ3) is 5.62. The van der Waals surface area contributed by atoms with Crippen LogP contribution < -0.4 is 14.2 Å². The number of nitrogens with zero attached hydrogens (tertiary/aromatic N) is 2. The molecule has 0 spiro atoms. The van der Waals surface area contributed by atoms with E-state index in [1.54, 1.807) is 20.3 Å². The Morgan fingerprint density at radius 2 is 1.44 bits per heavy atom. The van der Waals surface area contributed by atoms with E-state index in [2.05, 4.69) is 0 Å². The quantitative estimate of drug-likeness (QED) is 0.229. The second kappa shape index (κ2) is 11.6. The number of benzene rings is 4. The number of hydrogen-bond acceptors (Lipinski definition) is 5. The first-order valence-electron chi connectivity index (χ1n) is 12.4. The monoisotopic (exact) mass is 520 g/mol. The van der Waals surface area contributed by atoms with Crippen molar-refractivity contribution in [2.24, 2.45) is 0 Å². The number of carbonyl (C=O) groups is 1. The normalized spacial score (nSPS) is 10.7. The second-order valence-corrected chi connectivity index (χ2v) is 8.84. The van der Waals surface area contributed by atoms with E-state index in [1.807, 2.05) is 102 Å². The predicted octanol–water partition coefficient (Wildman–Crippen LogP) is 6.41. The van der Waals surface area contributed by atoms with Gasteiger partial charge in [-0.05, 0) is 47.5 Å². The minimum absolute atomic E-state index is 0.436. The van der Waals surface area contributed by atoms with E-state index >= 15 is 0 Å². The highest BCUT2D eigenvalue weighted by atomic mass is 16.5. The number of rotatable bonds is 10. The van der Waals surface area contributed by atoms with E-state index in [0.717, 1.165) is 33.7 Å². The molecule has 5 aromatic rings. The van der Waals surface area contributed by atoms with Gasteiger partial charge in [0.05, 0.1) is 32.2 Å². The van der Waals surface area contributed by atoms with E-state index < -0.39 is 12.6 Å². The molecular weight excluding hydrogens is 492 g/mol. The Morgan fingerprint density at radius 3 is 2.18 bits per heavy atom. The molecule has 5 rings (SSSR count). The van der Waals surface area contributed by atoms with Crippen molar-refractivity contribution in [3.8, 4) is 50.9 Å². The van der Waals surface area contributed by atoms with Gasteiger partial charge >= 0.3 is 5.97 Å². The molecule has 1 heterocycles. The fraction of sp³-hybridized carbons (Fsp3) is 0.125. The van der Waals surface area contributed by atoms with Crippen LogP contribution in [0.4, 0.5) is 0 Å². The molecule has 0 unspecified atom stereocenters. The number of carboxylic acids is 1. The molecule has 0 saturated carbocycles. The van der Waals surface area contributed by atoms with E-state index in [-0.39, 0.29) is 0 Å². The average molecular weight is 521 g/mol. The molecule has 0 aliphatic carbocycles. The molecule has 0 radical (unpaired) electrons. The summed E-state index contributed by atoms with van der Waals surface area (Å²) in [6.07, 6.45) is 0. The van der Waals surface area contributed by atoms with Crippen LogP contribution in [0.3, 0.4) is 0 Å². The van der Waals surface area contributed by atoms with Gasteiger partial charge < -0.3 is 19.3 Å². The van der Waals surface area contributed by atoms with Gasteiger partial charge in [0.25, 0.3) is 0 Å². The van der Waals surface area contributed by atoms with Crippen LogP contribution in [-0.4, -0.2) is 41.7 Å². The van der Waals surface area contributed by atoms with Gasteiger partial charge in [0.2, 0.25) is 0 Å². The van der Waals surface area contributed by atoms with Crippen molar-refractivity contribution in [2.45, 2.75) is 6.54 Å². The second-order valence-electron chi connectivity index (χ2n) is 8.84. The maximum Gasteiger partial charge on any atom is 0.341 e. The third-order valence-electron chi connectivity index (χ3n) is 6.39. The summed E-state index contributed by atoms with van der Waals surface area (Å²) in [5.41, 5.74) is 6.00. The number of ether oxygens (including phenoxy) is 3. The standard InChI is InChI=1S/C32H28N2O5/c1-37-29-14-8-6-12-24(29)20-34-28(25-13-7-9-15-30(25)38-2)19-27(33-34)26-18-23(22-10-4-3-5-11-22)16-17-31(26)39-21-32(35)36/h3-19H,20-21H2,1-2H3,(H,35,36). The Morgan fingerprint density at radius 1 is 0.744 bits per heavy atom. The van der Waals surface area contributed by atoms with E-state index in [1.165, 1.54) is 0 Å². The lowest BCUT2D eigenvalue weighted by molar-refractivity contribution is -0.139. The Balaban J connectivity index is 1.68. The lowest BCUT2D eigenvalue weighted by Crippen LogP contribution is -2.10. The SMILES string of the molecule is COc1ccccc1Cn1nc(-c2cc(-c3ccccc3)ccc2OCC(=O)O)cc1-c1ccccc1OC. The maximum absolute atomic E-state index is 11.3. The number of para-hydroxylation sites is 2. The Labute approximate surface area is 226 Å². The summed E-state index contributed by atoms with van der Waals surface area (Å²) in [6.45, 7) is -0.0138. The van der Waals surface area contributed by atoms with E-state index in [9.17, 15) is 9.90 Å². The largest absolute Gasteiger partial charge is 0.496 e. The molecule has 0 saturated heterocycles. The van der Waals surface area contributed by atoms with Crippen molar-refractivity contribution < 1.29 is 24.1 Å². The first-order chi connectivity index (χ1) is 19.1. The van der Waals surface area contributed by atoms with Crippen molar-refractivity contribution in [2.75, 3.05) is 20.8 Å². The van der Waals surface area contributed by atoms with Gasteiger partial charge in [0.15, 0.2) is 6.61 Å². The smallest absolute Gasteiger partial charge is 0.341 e. The fourth-order valence-electron chi connectivity index (χ4n) is 4.54. The van der Waals surface area contributed by atoms with Crippen molar-refractivity contribution >= 4 is 5.97 Å². The van der Waals surface area contributed by atoms with Crippen LogP contribution >= 0.6 is 0 Å². The molecule has 0 aliphatic rings. The molecule has 1 N–H and O–H groups in total. The summed E-state index contributed by atoms with van der Waals surface area (Å²) < 4.78 is 18.9. The van der Waals surface area contributed by atoms with Crippen LogP contribution in [0, 0.1) is 0 Å². The van der Waals surface area contributed by atoms with Gasteiger partial charge in [0, 0.05) is 16.7 Å². The van der Waals surface area contributed by atoms with Crippen molar-refractivity contribution in [1.82, 2.24) is 9.78 Å². The van der Waals surface area contributed by atoms with Gasteiger partial charge in [-0.2, -0.15) is 5.10 Å². The highest BCUT2D eigenvalue weighted by Crippen LogP contribution is 2.38. The average Bonchev–Trinajstić information content (AvgIpc) is 3.40. The molecular formula is C32H28N2O5. The van der Waals surface area contributed by atoms with Crippen LogP contribution in [0.2, 0.25) is 0 Å². The molecule has 39 heavy (non-hydrogen) atoms. The lowest BCUT2D eigenvalue weighted by Gasteiger charge is -2.13. The van der Waals surface area contributed by atoms with Crippen LogP contribution in [0.5, 0.6) is 17.2 Å². The molecule has 7 nitrogen and oxygen atoms in total.